The molecule has 1 saturated heterocycles. The van der Waals surface area contributed by atoms with Crippen molar-refractivity contribution < 1.29 is 4.79 Å². The number of piperidine rings is 1. The van der Waals surface area contributed by atoms with Gasteiger partial charge >= 0.3 is 0 Å². The second kappa shape index (κ2) is 7.70. The molecule has 7 nitrogen and oxygen atoms in total. The lowest BCUT2D eigenvalue weighted by molar-refractivity contribution is -0.119. The summed E-state index contributed by atoms with van der Waals surface area (Å²) >= 11 is 0. The minimum atomic E-state index is -0.976. The SMILES string of the molecule is CCC1CCCCN1c1nc2c(c(=O)[nH]1)C(c1cccc(C)c1)C(C#N)C(=O)N2. The monoisotopic (exact) mass is 391 g/mol. The van der Waals surface area contributed by atoms with E-state index in [0.29, 0.717) is 17.6 Å². The van der Waals surface area contributed by atoms with E-state index in [1.165, 1.54) is 6.42 Å². The van der Waals surface area contributed by atoms with Gasteiger partial charge < -0.3 is 10.2 Å². The molecule has 2 N–H and O–H groups in total. The van der Waals surface area contributed by atoms with Crippen molar-refractivity contribution in [3.8, 4) is 6.07 Å². The van der Waals surface area contributed by atoms with Crippen molar-refractivity contribution in [2.24, 2.45) is 5.92 Å². The van der Waals surface area contributed by atoms with Crippen LogP contribution in [0.25, 0.3) is 0 Å². The first-order chi connectivity index (χ1) is 14.0. The molecule has 1 aromatic heterocycles. The maximum Gasteiger partial charge on any atom is 0.258 e. The highest BCUT2D eigenvalue weighted by Crippen LogP contribution is 2.38. The summed E-state index contributed by atoms with van der Waals surface area (Å²) in [5, 5.41) is 12.4. The van der Waals surface area contributed by atoms with E-state index in [2.05, 4.69) is 33.2 Å². The second-order valence-corrected chi connectivity index (χ2v) is 7.89. The summed E-state index contributed by atoms with van der Waals surface area (Å²) in [5.41, 5.74) is 1.84. The number of rotatable bonds is 3. The molecular weight excluding hydrogens is 366 g/mol. The molecule has 4 rings (SSSR count). The van der Waals surface area contributed by atoms with Gasteiger partial charge in [0, 0.05) is 18.5 Å². The van der Waals surface area contributed by atoms with Crippen molar-refractivity contribution in [3.63, 3.8) is 0 Å². The van der Waals surface area contributed by atoms with Crippen LogP contribution in [0.2, 0.25) is 0 Å². The van der Waals surface area contributed by atoms with Crippen LogP contribution in [0.4, 0.5) is 11.8 Å². The van der Waals surface area contributed by atoms with Crippen molar-refractivity contribution >= 4 is 17.7 Å². The molecule has 1 aromatic carbocycles. The Balaban J connectivity index is 1.85. The Bertz CT molecular complexity index is 1040. The molecule has 3 heterocycles. The fourth-order valence-corrected chi connectivity index (χ4v) is 4.56. The fourth-order valence-electron chi connectivity index (χ4n) is 4.56. The summed E-state index contributed by atoms with van der Waals surface area (Å²) in [6.07, 6.45) is 4.24. The van der Waals surface area contributed by atoms with Crippen LogP contribution in [0.3, 0.4) is 0 Å². The lowest BCUT2D eigenvalue weighted by Gasteiger charge is -2.36. The summed E-state index contributed by atoms with van der Waals surface area (Å²) < 4.78 is 0. The molecule has 3 unspecified atom stereocenters. The molecule has 3 atom stereocenters. The predicted octanol–water partition coefficient (Wildman–Crippen LogP) is 3.07. The first-order valence-corrected chi connectivity index (χ1v) is 10.2. The van der Waals surface area contributed by atoms with Gasteiger partial charge in [-0.25, -0.2) is 0 Å². The van der Waals surface area contributed by atoms with Crippen LogP contribution in [0.15, 0.2) is 29.1 Å². The maximum absolute atomic E-state index is 13.2. The Morgan fingerprint density at radius 1 is 1.31 bits per heavy atom. The number of nitrogens with one attached hydrogen (secondary N) is 2. The standard InChI is InChI=1S/C22H25N5O2/c1-3-15-9-4-5-10-27(15)22-25-19-18(21(29)26-22)17(16(12-23)20(28)24-19)14-8-6-7-13(2)11-14/h6-8,11,15-17H,3-5,9-10H2,1-2H3,(H2,24,25,26,28,29). The number of hydrogen-bond donors (Lipinski definition) is 2. The molecule has 150 valence electrons. The number of H-pyrrole nitrogens is 1. The van der Waals surface area contributed by atoms with Crippen LogP contribution in [-0.2, 0) is 4.79 Å². The number of carbonyl (C=O) groups is 1. The molecule has 0 aliphatic carbocycles. The number of aromatic amines is 1. The van der Waals surface area contributed by atoms with Gasteiger partial charge in [-0.05, 0) is 38.2 Å². The summed E-state index contributed by atoms with van der Waals surface area (Å²) in [7, 11) is 0. The zero-order valence-corrected chi connectivity index (χ0v) is 16.7. The Kier molecular flexibility index (Phi) is 5.10. The van der Waals surface area contributed by atoms with Crippen molar-refractivity contribution in [2.45, 2.75) is 51.5 Å². The molecule has 0 radical (unpaired) electrons. The van der Waals surface area contributed by atoms with Gasteiger partial charge in [0.05, 0.1) is 11.6 Å². The molecule has 0 spiro atoms. The van der Waals surface area contributed by atoms with E-state index in [-0.39, 0.29) is 11.4 Å². The molecule has 0 bridgehead atoms. The van der Waals surface area contributed by atoms with Crippen molar-refractivity contribution in [3.05, 3.63) is 51.3 Å². The third-order valence-electron chi connectivity index (χ3n) is 6.02. The van der Waals surface area contributed by atoms with E-state index in [9.17, 15) is 14.9 Å². The van der Waals surface area contributed by atoms with E-state index in [0.717, 1.165) is 36.9 Å². The normalized spacial score (nSPS) is 23.8. The third kappa shape index (κ3) is 3.39. The Hall–Kier alpha value is -3.14. The summed E-state index contributed by atoms with van der Waals surface area (Å²) in [6.45, 7) is 4.91. The van der Waals surface area contributed by atoms with Gasteiger partial charge in [-0.3, -0.25) is 14.6 Å². The zero-order valence-electron chi connectivity index (χ0n) is 16.7. The lowest BCUT2D eigenvalue weighted by Crippen LogP contribution is -2.43. The highest BCUT2D eigenvalue weighted by molar-refractivity contribution is 5.98. The molecule has 7 heteroatoms. The first-order valence-electron chi connectivity index (χ1n) is 10.2. The molecule has 2 aromatic rings. The van der Waals surface area contributed by atoms with Gasteiger partial charge in [0.1, 0.15) is 11.7 Å². The average molecular weight is 391 g/mol. The van der Waals surface area contributed by atoms with Crippen LogP contribution in [-0.4, -0.2) is 28.5 Å². The van der Waals surface area contributed by atoms with Crippen molar-refractivity contribution in [2.75, 3.05) is 16.8 Å². The lowest BCUT2D eigenvalue weighted by atomic mass is 9.79. The quantitative estimate of drug-likeness (QED) is 0.837. The molecule has 29 heavy (non-hydrogen) atoms. The van der Waals surface area contributed by atoms with E-state index in [4.69, 9.17) is 0 Å². The highest BCUT2D eigenvalue weighted by atomic mass is 16.2. The molecule has 1 fully saturated rings. The highest BCUT2D eigenvalue weighted by Gasteiger charge is 2.40. The van der Waals surface area contributed by atoms with Crippen LogP contribution < -0.4 is 15.8 Å². The van der Waals surface area contributed by atoms with Crippen LogP contribution >= 0.6 is 0 Å². The number of nitrogens with zero attached hydrogens (tertiary/aromatic N) is 3. The van der Waals surface area contributed by atoms with Gasteiger partial charge in [-0.2, -0.15) is 10.2 Å². The number of fused-ring (bicyclic) bond motifs is 1. The first kappa shape index (κ1) is 19.2. The van der Waals surface area contributed by atoms with E-state index >= 15 is 0 Å². The molecule has 1 amide bonds. The number of anilines is 2. The Morgan fingerprint density at radius 2 is 2.14 bits per heavy atom. The minimum absolute atomic E-state index is 0.271. The number of benzene rings is 1. The topological polar surface area (TPSA) is 102 Å². The molecular formula is C22H25N5O2. The molecule has 2 aliphatic heterocycles. The maximum atomic E-state index is 13.2. The van der Waals surface area contributed by atoms with E-state index in [1.54, 1.807) is 0 Å². The predicted molar refractivity (Wildman–Crippen MR) is 111 cm³/mol. The van der Waals surface area contributed by atoms with Crippen LogP contribution in [0.5, 0.6) is 0 Å². The number of carbonyl (C=O) groups excluding carboxylic acids is 1. The second-order valence-electron chi connectivity index (χ2n) is 7.89. The Labute approximate surface area is 169 Å². The van der Waals surface area contributed by atoms with Gasteiger partial charge in [-0.15, -0.1) is 0 Å². The molecule has 2 aliphatic rings. The van der Waals surface area contributed by atoms with Gasteiger partial charge in [0.25, 0.3) is 5.56 Å². The summed E-state index contributed by atoms with van der Waals surface area (Å²) in [5.74, 6) is -1.26. The van der Waals surface area contributed by atoms with Crippen molar-refractivity contribution in [1.82, 2.24) is 9.97 Å². The third-order valence-corrected chi connectivity index (χ3v) is 6.02. The summed E-state index contributed by atoms with van der Waals surface area (Å²) in [6, 6.07) is 10.0. The summed E-state index contributed by atoms with van der Waals surface area (Å²) in [4.78, 5) is 35.6. The zero-order chi connectivity index (χ0) is 20.5. The fraction of sp³-hybridized carbons (Fsp3) is 0.455. The molecule has 0 saturated carbocycles. The number of aryl methyl sites for hydroxylation is 1. The van der Waals surface area contributed by atoms with E-state index in [1.807, 2.05) is 31.2 Å². The van der Waals surface area contributed by atoms with Gasteiger partial charge in [0.2, 0.25) is 11.9 Å². The smallest absolute Gasteiger partial charge is 0.258 e. The van der Waals surface area contributed by atoms with E-state index < -0.39 is 17.7 Å². The van der Waals surface area contributed by atoms with Gasteiger partial charge in [-0.1, -0.05) is 36.8 Å². The van der Waals surface area contributed by atoms with Gasteiger partial charge in [0.15, 0.2) is 0 Å². The van der Waals surface area contributed by atoms with Crippen LogP contribution in [0.1, 0.15) is 55.2 Å². The van der Waals surface area contributed by atoms with Crippen LogP contribution in [0, 0.1) is 24.2 Å². The number of amides is 1. The average Bonchev–Trinajstić information content (AvgIpc) is 2.72. The van der Waals surface area contributed by atoms with Crippen molar-refractivity contribution in [1.29, 1.82) is 5.26 Å². The number of nitriles is 1. The number of hydrogen-bond acceptors (Lipinski definition) is 5. The largest absolute Gasteiger partial charge is 0.339 e. The minimum Gasteiger partial charge on any atom is -0.339 e. The number of aromatic nitrogens is 2. The Morgan fingerprint density at radius 3 is 2.86 bits per heavy atom.